The molecule has 24 heavy (non-hydrogen) atoms. The molecule has 2 aromatic rings. The topological polar surface area (TPSA) is 32.7 Å². The third-order valence-corrected chi connectivity index (χ3v) is 4.48. The maximum absolute atomic E-state index is 10.7. The Bertz CT molecular complexity index is 608. The molecule has 0 radical (unpaired) electrons. The SMILES string of the molecule is CCc1cc(OCCN(CC)CC)ccc1C(O)c1ccccc1. The van der Waals surface area contributed by atoms with Gasteiger partial charge in [-0.25, -0.2) is 0 Å². The van der Waals surface area contributed by atoms with Gasteiger partial charge in [-0.2, -0.15) is 0 Å². The molecule has 1 N–H and O–H groups in total. The van der Waals surface area contributed by atoms with Gasteiger partial charge in [0, 0.05) is 6.54 Å². The number of aliphatic hydroxyl groups is 1. The van der Waals surface area contributed by atoms with Crippen LogP contribution in [-0.4, -0.2) is 36.2 Å². The lowest BCUT2D eigenvalue weighted by molar-refractivity contribution is 0.217. The van der Waals surface area contributed by atoms with Gasteiger partial charge in [0.2, 0.25) is 0 Å². The van der Waals surface area contributed by atoms with Crippen LogP contribution in [0.1, 0.15) is 43.6 Å². The van der Waals surface area contributed by atoms with Crippen molar-refractivity contribution in [3.05, 3.63) is 65.2 Å². The fourth-order valence-electron chi connectivity index (χ4n) is 2.89. The van der Waals surface area contributed by atoms with Crippen LogP contribution in [0.4, 0.5) is 0 Å². The number of aryl methyl sites for hydroxylation is 1. The molecule has 0 bridgehead atoms. The van der Waals surface area contributed by atoms with Gasteiger partial charge in [0.15, 0.2) is 0 Å². The normalized spacial score (nSPS) is 12.4. The van der Waals surface area contributed by atoms with Crippen LogP contribution >= 0.6 is 0 Å². The Morgan fingerprint density at radius 3 is 2.33 bits per heavy atom. The molecule has 1 atom stereocenters. The number of nitrogens with zero attached hydrogens (tertiary/aromatic N) is 1. The first kappa shape index (κ1) is 18.5. The highest BCUT2D eigenvalue weighted by atomic mass is 16.5. The molecular weight excluding hydrogens is 298 g/mol. The molecule has 0 aliphatic heterocycles. The van der Waals surface area contributed by atoms with E-state index in [9.17, 15) is 5.11 Å². The van der Waals surface area contributed by atoms with Gasteiger partial charge in [0.25, 0.3) is 0 Å². The highest BCUT2D eigenvalue weighted by Gasteiger charge is 2.14. The molecule has 0 spiro atoms. The van der Waals surface area contributed by atoms with Crippen molar-refractivity contribution in [2.45, 2.75) is 33.3 Å². The standard InChI is InChI=1S/C21H29NO2/c1-4-17-16-19(24-15-14-22(5-2)6-3)12-13-20(17)21(23)18-10-8-7-9-11-18/h7-13,16,21,23H,4-6,14-15H2,1-3H3. The molecule has 3 heteroatoms. The van der Waals surface area contributed by atoms with E-state index in [-0.39, 0.29) is 0 Å². The summed E-state index contributed by atoms with van der Waals surface area (Å²) in [6.07, 6.45) is 0.276. The zero-order chi connectivity index (χ0) is 17.4. The van der Waals surface area contributed by atoms with Gasteiger partial charge in [-0.05, 0) is 48.3 Å². The maximum Gasteiger partial charge on any atom is 0.119 e. The minimum absolute atomic E-state index is 0.592. The quantitative estimate of drug-likeness (QED) is 0.754. The van der Waals surface area contributed by atoms with Crippen molar-refractivity contribution in [3.8, 4) is 5.75 Å². The van der Waals surface area contributed by atoms with Crippen molar-refractivity contribution in [3.63, 3.8) is 0 Å². The molecule has 0 aliphatic rings. The smallest absolute Gasteiger partial charge is 0.119 e. The minimum Gasteiger partial charge on any atom is -0.492 e. The van der Waals surface area contributed by atoms with Gasteiger partial charge in [-0.15, -0.1) is 0 Å². The lowest BCUT2D eigenvalue weighted by Gasteiger charge is -2.19. The van der Waals surface area contributed by atoms with Gasteiger partial charge >= 0.3 is 0 Å². The fourth-order valence-corrected chi connectivity index (χ4v) is 2.89. The molecule has 2 rings (SSSR count). The van der Waals surface area contributed by atoms with E-state index in [1.807, 2.05) is 42.5 Å². The van der Waals surface area contributed by atoms with Crippen molar-refractivity contribution < 1.29 is 9.84 Å². The largest absolute Gasteiger partial charge is 0.492 e. The van der Waals surface area contributed by atoms with Crippen molar-refractivity contribution in [1.29, 1.82) is 0 Å². The molecule has 0 aliphatic carbocycles. The lowest BCUT2D eigenvalue weighted by Crippen LogP contribution is -2.27. The summed E-state index contributed by atoms with van der Waals surface area (Å²) in [6, 6.07) is 15.8. The van der Waals surface area contributed by atoms with Crippen LogP contribution in [0.5, 0.6) is 5.75 Å². The Hall–Kier alpha value is -1.84. The van der Waals surface area contributed by atoms with E-state index in [0.717, 1.165) is 48.5 Å². The Morgan fingerprint density at radius 1 is 1.00 bits per heavy atom. The zero-order valence-corrected chi connectivity index (χ0v) is 15.0. The number of hydrogen-bond acceptors (Lipinski definition) is 3. The van der Waals surface area contributed by atoms with E-state index in [1.54, 1.807) is 0 Å². The van der Waals surface area contributed by atoms with E-state index < -0.39 is 6.10 Å². The molecule has 0 amide bonds. The van der Waals surface area contributed by atoms with Crippen LogP contribution in [-0.2, 0) is 6.42 Å². The van der Waals surface area contributed by atoms with Crippen molar-refractivity contribution in [2.24, 2.45) is 0 Å². The van der Waals surface area contributed by atoms with Gasteiger partial charge in [-0.1, -0.05) is 57.2 Å². The van der Waals surface area contributed by atoms with Crippen LogP contribution in [0.15, 0.2) is 48.5 Å². The molecule has 1 unspecified atom stereocenters. The molecule has 2 aromatic carbocycles. The predicted octanol–water partition coefficient (Wildman–Crippen LogP) is 4.05. The van der Waals surface area contributed by atoms with Crippen molar-refractivity contribution in [2.75, 3.05) is 26.2 Å². The first-order valence-corrected chi connectivity index (χ1v) is 8.90. The molecular formula is C21H29NO2. The van der Waals surface area contributed by atoms with Crippen LogP contribution in [0.3, 0.4) is 0 Å². The Kier molecular flexibility index (Phi) is 7.29. The van der Waals surface area contributed by atoms with Gasteiger partial charge < -0.3 is 14.7 Å². The van der Waals surface area contributed by atoms with E-state index >= 15 is 0 Å². The fraction of sp³-hybridized carbons (Fsp3) is 0.429. The van der Waals surface area contributed by atoms with Crippen LogP contribution in [0.25, 0.3) is 0 Å². The molecule has 3 nitrogen and oxygen atoms in total. The first-order valence-electron chi connectivity index (χ1n) is 8.90. The molecule has 0 saturated heterocycles. The second kappa shape index (κ2) is 9.45. The van der Waals surface area contributed by atoms with E-state index in [2.05, 4.69) is 31.7 Å². The number of likely N-dealkylation sites (N-methyl/N-ethyl adjacent to an activating group) is 1. The van der Waals surface area contributed by atoms with Gasteiger partial charge in [0.05, 0.1) is 0 Å². The zero-order valence-electron chi connectivity index (χ0n) is 15.0. The second-order valence-corrected chi connectivity index (χ2v) is 5.90. The third kappa shape index (κ3) is 4.83. The lowest BCUT2D eigenvalue weighted by atomic mass is 9.95. The van der Waals surface area contributed by atoms with E-state index in [1.165, 1.54) is 0 Å². The summed E-state index contributed by atoms with van der Waals surface area (Å²) in [4.78, 5) is 2.34. The monoisotopic (exact) mass is 327 g/mol. The summed E-state index contributed by atoms with van der Waals surface area (Å²) < 4.78 is 5.90. The summed E-state index contributed by atoms with van der Waals surface area (Å²) >= 11 is 0. The van der Waals surface area contributed by atoms with E-state index in [0.29, 0.717) is 6.61 Å². The number of aliphatic hydroxyl groups excluding tert-OH is 1. The Labute approximate surface area is 145 Å². The van der Waals surface area contributed by atoms with Gasteiger partial charge in [-0.3, -0.25) is 0 Å². The first-order chi connectivity index (χ1) is 11.7. The second-order valence-electron chi connectivity index (χ2n) is 5.90. The molecule has 0 saturated carbocycles. The average Bonchev–Trinajstić information content (AvgIpc) is 2.65. The summed E-state index contributed by atoms with van der Waals surface area (Å²) in [6.45, 7) is 10.1. The Morgan fingerprint density at radius 2 is 1.71 bits per heavy atom. The number of benzene rings is 2. The number of hydrogen-bond donors (Lipinski definition) is 1. The molecule has 0 aromatic heterocycles. The summed E-state index contributed by atoms with van der Waals surface area (Å²) in [5.41, 5.74) is 3.01. The number of ether oxygens (including phenoxy) is 1. The highest BCUT2D eigenvalue weighted by molar-refractivity contribution is 5.40. The van der Waals surface area contributed by atoms with E-state index in [4.69, 9.17) is 4.74 Å². The number of rotatable bonds is 9. The van der Waals surface area contributed by atoms with Gasteiger partial charge in [0.1, 0.15) is 18.5 Å². The minimum atomic E-state index is -0.592. The predicted molar refractivity (Wildman–Crippen MR) is 99.6 cm³/mol. The van der Waals surface area contributed by atoms with Crippen LogP contribution in [0.2, 0.25) is 0 Å². The summed E-state index contributed by atoms with van der Waals surface area (Å²) in [7, 11) is 0. The average molecular weight is 327 g/mol. The molecule has 130 valence electrons. The van der Waals surface area contributed by atoms with Crippen molar-refractivity contribution in [1.82, 2.24) is 4.90 Å². The van der Waals surface area contributed by atoms with Crippen LogP contribution in [0, 0.1) is 0 Å². The van der Waals surface area contributed by atoms with Crippen molar-refractivity contribution >= 4 is 0 Å². The summed E-state index contributed by atoms with van der Waals surface area (Å²) in [5, 5.41) is 10.7. The highest BCUT2D eigenvalue weighted by Crippen LogP contribution is 2.28. The maximum atomic E-state index is 10.7. The molecule has 0 fully saturated rings. The summed E-state index contributed by atoms with van der Waals surface area (Å²) in [5.74, 6) is 0.878. The van der Waals surface area contributed by atoms with Crippen LogP contribution < -0.4 is 4.74 Å². The third-order valence-electron chi connectivity index (χ3n) is 4.48. The molecule has 0 heterocycles. The Balaban J connectivity index is 2.07.